The lowest BCUT2D eigenvalue weighted by Gasteiger charge is -2.20. The number of halogens is 1. The molecule has 1 heterocycles. The summed E-state index contributed by atoms with van der Waals surface area (Å²) in [6.45, 7) is 8.27. The number of aromatic nitrogens is 1. The molecule has 8 heteroatoms. The number of carboxylic acids is 1. The highest BCUT2D eigenvalue weighted by atomic mass is 31.1. The standard InChI is InChI=1S/C29H31FNO5P/c1-19(2)28-25(11-8-16-36-37(35)18-24(32)17-26(33)34)27(21-12-14-23(30)15-13-21)29(31(28)20(3)4)22-9-6-5-7-10-22/h5-7,9-10,12-15,19-20,24,32H,16-18H2,1-4H3/p+1/t24-/m0/s1. The monoisotopic (exact) mass is 524 g/mol. The second-order valence-corrected chi connectivity index (χ2v) is 10.6. The van der Waals surface area contributed by atoms with Crippen LogP contribution in [0.3, 0.4) is 0 Å². The van der Waals surface area contributed by atoms with Gasteiger partial charge in [0.25, 0.3) is 0 Å². The van der Waals surface area contributed by atoms with E-state index in [0.29, 0.717) is 0 Å². The summed E-state index contributed by atoms with van der Waals surface area (Å²) in [5, 5.41) is 18.4. The van der Waals surface area contributed by atoms with Crippen molar-refractivity contribution >= 4 is 14.0 Å². The highest BCUT2D eigenvalue weighted by Gasteiger charge is 2.28. The van der Waals surface area contributed by atoms with Gasteiger partial charge < -0.3 is 14.8 Å². The van der Waals surface area contributed by atoms with Gasteiger partial charge in [0.15, 0.2) is 6.61 Å². The maximum Gasteiger partial charge on any atom is 0.511 e. The van der Waals surface area contributed by atoms with Crippen LogP contribution in [-0.2, 0) is 13.9 Å². The van der Waals surface area contributed by atoms with Gasteiger partial charge in [-0.05, 0) is 47.6 Å². The fourth-order valence-corrected chi connectivity index (χ4v) is 5.12. The molecular formula is C29H32FNO5P+. The van der Waals surface area contributed by atoms with Gasteiger partial charge in [-0.1, -0.05) is 68.2 Å². The number of aliphatic carboxylic acids is 1. The highest BCUT2D eigenvalue weighted by molar-refractivity contribution is 7.39. The number of carbonyl (C=O) groups is 1. The van der Waals surface area contributed by atoms with Crippen molar-refractivity contribution < 1.29 is 28.5 Å². The van der Waals surface area contributed by atoms with E-state index >= 15 is 0 Å². The maximum absolute atomic E-state index is 13.8. The van der Waals surface area contributed by atoms with Crippen LogP contribution in [0.4, 0.5) is 4.39 Å². The Morgan fingerprint density at radius 3 is 2.27 bits per heavy atom. The number of hydrogen-bond acceptors (Lipinski definition) is 4. The quantitative estimate of drug-likeness (QED) is 0.230. The van der Waals surface area contributed by atoms with Crippen molar-refractivity contribution in [2.24, 2.45) is 0 Å². The molecule has 2 atom stereocenters. The summed E-state index contributed by atoms with van der Waals surface area (Å²) in [7, 11) is -2.27. The van der Waals surface area contributed by atoms with Crippen molar-refractivity contribution in [3.8, 4) is 34.2 Å². The number of hydrogen-bond donors (Lipinski definition) is 2. The molecule has 194 valence electrons. The van der Waals surface area contributed by atoms with E-state index < -0.39 is 26.5 Å². The first-order valence-corrected chi connectivity index (χ1v) is 13.5. The fraction of sp³-hybridized carbons (Fsp3) is 0.345. The van der Waals surface area contributed by atoms with Crippen molar-refractivity contribution in [3.05, 3.63) is 71.7 Å². The minimum absolute atomic E-state index is 0.115. The summed E-state index contributed by atoms with van der Waals surface area (Å²) < 4.78 is 33.5. The molecule has 2 aromatic carbocycles. The normalized spacial score (nSPS) is 12.4. The van der Waals surface area contributed by atoms with Crippen LogP contribution in [0, 0.1) is 17.7 Å². The lowest BCUT2D eigenvalue weighted by atomic mass is 9.95. The van der Waals surface area contributed by atoms with Crippen LogP contribution in [0.5, 0.6) is 0 Å². The summed E-state index contributed by atoms with van der Waals surface area (Å²) in [6.07, 6.45) is -2.02. The van der Waals surface area contributed by atoms with Crippen LogP contribution in [-0.4, -0.2) is 39.6 Å². The Labute approximate surface area is 218 Å². The van der Waals surface area contributed by atoms with E-state index in [4.69, 9.17) is 9.63 Å². The molecule has 0 bridgehead atoms. The molecule has 37 heavy (non-hydrogen) atoms. The average molecular weight is 525 g/mol. The molecule has 0 aliphatic rings. The first-order chi connectivity index (χ1) is 17.6. The molecule has 0 saturated carbocycles. The molecule has 0 amide bonds. The van der Waals surface area contributed by atoms with Gasteiger partial charge in [0.2, 0.25) is 6.16 Å². The minimum atomic E-state index is -2.27. The number of nitrogens with zero attached hydrogens (tertiary/aromatic N) is 1. The van der Waals surface area contributed by atoms with Crippen molar-refractivity contribution in [2.75, 3.05) is 12.8 Å². The maximum atomic E-state index is 13.8. The molecule has 0 saturated heterocycles. The topological polar surface area (TPSA) is 88.8 Å². The first-order valence-electron chi connectivity index (χ1n) is 12.2. The average Bonchev–Trinajstić information content (AvgIpc) is 3.18. The Hall–Kier alpha value is -3.30. The molecule has 0 spiro atoms. The zero-order valence-electron chi connectivity index (χ0n) is 21.4. The van der Waals surface area contributed by atoms with E-state index in [-0.39, 0.29) is 30.5 Å². The first kappa shape index (κ1) is 28.3. The molecule has 0 aliphatic heterocycles. The summed E-state index contributed by atoms with van der Waals surface area (Å²) in [6, 6.07) is 16.5. The Bertz CT molecular complexity index is 1300. The van der Waals surface area contributed by atoms with Gasteiger partial charge in [0.1, 0.15) is 11.9 Å². The SMILES string of the molecule is CC(C)c1c(C#CCO[P+](=O)C[C@@H](O)CC(=O)O)c(-c2ccc(F)cc2)c(-c2ccccc2)n1C(C)C. The van der Waals surface area contributed by atoms with Crippen LogP contribution < -0.4 is 0 Å². The fourth-order valence-electron chi connectivity index (χ4n) is 4.33. The molecule has 1 aromatic heterocycles. The van der Waals surface area contributed by atoms with Crippen molar-refractivity contribution in [1.82, 2.24) is 4.57 Å². The third-order valence-corrected chi connectivity index (χ3v) is 6.89. The number of rotatable bonds is 10. The zero-order chi connectivity index (χ0) is 27.1. The molecule has 0 radical (unpaired) electrons. The van der Waals surface area contributed by atoms with Crippen LogP contribution >= 0.6 is 8.03 Å². The molecule has 0 aliphatic carbocycles. The van der Waals surface area contributed by atoms with Crippen molar-refractivity contribution in [2.45, 2.75) is 52.2 Å². The van der Waals surface area contributed by atoms with Gasteiger partial charge in [-0.15, -0.1) is 4.52 Å². The Morgan fingerprint density at radius 2 is 1.70 bits per heavy atom. The second kappa shape index (κ2) is 12.8. The molecule has 1 unspecified atom stereocenters. The van der Waals surface area contributed by atoms with Crippen LogP contribution in [0.25, 0.3) is 22.4 Å². The predicted octanol–water partition coefficient (Wildman–Crippen LogP) is 6.61. The summed E-state index contributed by atoms with van der Waals surface area (Å²) >= 11 is 0. The van der Waals surface area contributed by atoms with E-state index in [1.165, 1.54) is 12.1 Å². The summed E-state index contributed by atoms with van der Waals surface area (Å²) in [4.78, 5) is 10.7. The van der Waals surface area contributed by atoms with E-state index in [9.17, 15) is 18.9 Å². The summed E-state index contributed by atoms with van der Waals surface area (Å²) in [5.41, 5.74) is 5.53. The molecule has 3 aromatic rings. The number of aliphatic hydroxyl groups excluding tert-OH is 1. The van der Waals surface area contributed by atoms with Gasteiger partial charge in [-0.2, -0.15) is 0 Å². The molecule has 2 N–H and O–H groups in total. The zero-order valence-corrected chi connectivity index (χ0v) is 22.3. The van der Waals surface area contributed by atoms with E-state index in [0.717, 1.165) is 33.6 Å². The summed E-state index contributed by atoms with van der Waals surface area (Å²) in [5.74, 6) is 4.80. The predicted molar refractivity (Wildman–Crippen MR) is 143 cm³/mol. The molecule has 6 nitrogen and oxygen atoms in total. The lowest BCUT2D eigenvalue weighted by molar-refractivity contribution is -0.138. The van der Waals surface area contributed by atoms with Gasteiger partial charge >= 0.3 is 14.0 Å². The molecular weight excluding hydrogens is 492 g/mol. The smallest absolute Gasteiger partial charge is 0.481 e. The van der Waals surface area contributed by atoms with E-state index in [1.807, 2.05) is 30.3 Å². The van der Waals surface area contributed by atoms with E-state index in [2.05, 4.69) is 44.1 Å². The Balaban J connectivity index is 2.10. The van der Waals surface area contributed by atoms with Gasteiger partial charge in [0, 0.05) is 17.3 Å². The lowest BCUT2D eigenvalue weighted by Crippen LogP contribution is -2.15. The van der Waals surface area contributed by atoms with Gasteiger partial charge in [0.05, 0.1) is 17.7 Å². The van der Waals surface area contributed by atoms with Crippen LogP contribution in [0.1, 0.15) is 57.3 Å². The number of aliphatic hydroxyl groups is 1. The van der Waals surface area contributed by atoms with Crippen LogP contribution in [0.2, 0.25) is 0 Å². The largest absolute Gasteiger partial charge is 0.511 e. The van der Waals surface area contributed by atoms with Gasteiger partial charge in [-0.25, -0.2) is 4.39 Å². The second-order valence-electron chi connectivity index (χ2n) is 9.32. The number of benzene rings is 2. The molecule has 0 fully saturated rings. The minimum Gasteiger partial charge on any atom is -0.481 e. The van der Waals surface area contributed by atoms with E-state index in [1.54, 1.807) is 12.1 Å². The Kier molecular flexibility index (Phi) is 9.77. The highest BCUT2D eigenvalue weighted by Crippen LogP contribution is 2.43. The Morgan fingerprint density at radius 1 is 1.05 bits per heavy atom. The van der Waals surface area contributed by atoms with Crippen molar-refractivity contribution in [1.29, 1.82) is 0 Å². The third kappa shape index (κ3) is 7.14. The van der Waals surface area contributed by atoms with Crippen LogP contribution in [0.15, 0.2) is 54.6 Å². The number of carboxylic acid groups (broad SMARTS) is 1. The third-order valence-electron chi connectivity index (χ3n) is 5.75. The van der Waals surface area contributed by atoms with Crippen molar-refractivity contribution in [3.63, 3.8) is 0 Å². The van der Waals surface area contributed by atoms with Gasteiger partial charge in [-0.3, -0.25) is 4.79 Å². The molecule has 3 rings (SSSR count).